The van der Waals surface area contributed by atoms with E-state index in [0.29, 0.717) is 5.56 Å². The summed E-state index contributed by atoms with van der Waals surface area (Å²) in [5.41, 5.74) is 6.62. The number of phenols is 1. The zero-order valence-electron chi connectivity index (χ0n) is 21.8. The Morgan fingerprint density at radius 1 is 0.889 bits per heavy atom. The lowest BCUT2D eigenvalue weighted by Crippen LogP contribution is -2.42. The number of benzene rings is 2. The average Bonchev–Trinajstić information content (AvgIpc) is 2.86. The second-order valence-electron chi connectivity index (χ2n) is 10.1. The molecule has 3 aromatic rings. The molecule has 1 aliphatic rings. The van der Waals surface area contributed by atoms with Gasteiger partial charge in [0, 0.05) is 49.7 Å². The van der Waals surface area contributed by atoms with Gasteiger partial charge in [-0.2, -0.15) is 0 Å². The quantitative estimate of drug-likeness (QED) is 0.438. The predicted molar refractivity (Wildman–Crippen MR) is 146 cm³/mol. The Morgan fingerprint density at radius 2 is 1.50 bits per heavy atom. The van der Waals surface area contributed by atoms with Crippen molar-refractivity contribution in [1.29, 1.82) is 0 Å². The third-order valence-corrected chi connectivity index (χ3v) is 6.87. The largest absolute Gasteiger partial charge is 0.508 e. The molecular formula is C31H37N3O2. The minimum absolute atomic E-state index is 0.0579. The van der Waals surface area contributed by atoms with Crippen LogP contribution in [0.4, 0.5) is 0 Å². The number of phenolic OH excluding ortho intramolecular Hbond substituents is 1. The van der Waals surface area contributed by atoms with E-state index in [-0.39, 0.29) is 23.7 Å². The lowest BCUT2D eigenvalue weighted by atomic mass is 9.88. The van der Waals surface area contributed by atoms with E-state index in [2.05, 4.69) is 67.9 Å². The van der Waals surface area contributed by atoms with Gasteiger partial charge in [0.1, 0.15) is 5.75 Å². The smallest absolute Gasteiger partial charge is 0.254 e. The fourth-order valence-corrected chi connectivity index (χ4v) is 5.21. The maximum absolute atomic E-state index is 13.2. The molecule has 0 atom stereocenters. The van der Waals surface area contributed by atoms with Crippen LogP contribution >= 0.6 is 0 Å². The van der Waals surface area contributed by atoms with Gasteiger partial charge in [-0.25, -0.2) is 0 Å². The molecule has 4 rings (SSSR count). The van der Waals surface area contributed by atoms with E-state index in [0.717, 1.165) is 49.2 Å². The lowest BCUT2D eigenvalue weighted by molar-refractivity contribution is 0.0643. The van der Waals surface area contributed by atoms with Crippen molar-refractivity contribution in [2.45, 2.75) is 59.2 Å². The van der Waals surface area contributed by atoms with Crippen LogP contribution in [0.2, 0.25) is 0 Å². The standard InChI is InChI=1S/C31H37N3O2/c1-22(2)34(23(3)4)31(36)27-10-8-25(9-11-27)30(28-6-5-7-29(35)20-28)26-14-18-33(19-15-26)21-24-12-16-32-17-13-24/h5-13,16-17,20,22-23,35H,14-15,18-19,21H2,1-4H3. The van der Waals surface area contributed by atoms with E-state index in [1.165, 1.54) is 11.1 Å². The number of amides is 1. The summed E-state index contributed by atoms with van der Waals surface area (Å²) >= 11 is 0. The molecule has 1 saturated heterocycles. The summed E-state index contributed by atoms with van der Waals surface area (Å²) in [6, 6.07) is 19.9. The molecule has 0 spiro atoms. The molecule has 0 bridgehead atoms. The summed E-state index contributed by atoms with van der Waals surface area (Å²) in [4.78, 5) is 21.7. The minimum atomic E-state index is 0.0579. The number of carbonyl (C=O) groups is 1. The monoisotopic (exact) mass is 483 g/mol. The number of carbonyl (C=O) groups excluding carboxylic acids is 1. The number of hydrogen-bond acceptors (Lipinski definition) is 4. The molecule has 1 fully saturated rings. The fraction of sp³-hybridized carbons (Fsp3) is 0.355. The van der Waals surface area contributed by atoms with Gasteiger partial charge < -0.3 is 10.0 Å². The number of nitrogens with zero attached hydrogens (tertiary/aromatic N) is 3. The van der Waals surface area contributed by atoms with Gasteiger partial charge in [-0.1, -0.05) is 29.8 Å². The van der Waals surface area contributed by atoms with Gasteiger partial charge in [0.25, 0.3) is 5.91 Å². The normalized spacial score (nSPS) is 14.3. The Hall–Kier alpha value is -3.44. The molecule has 5 heteroatoms. The van der Waals surface area contributed by atoms with Crippen LogP contribution in [0, 0.1) is 0 Å². The number of aromatic hydroxyl groups is 1. The summed E-state index contributed by atoms with van der Waals surface area (Å²) in [5.74, 6) is 0.319. The Bertz CT molecular complexity index is 1180. The van der Waals surface area contributed by atoms with Crippen molar-refractivity contribution < 1.29 is 9.90 Å². The number of rotatable bonds is 7. The molecule has 1 amide bonds. The first kappa shape index (κ1) is 25.6. The molecule has 1 aromatic heterocycles. The predicted octanol–water partition coefficient (Wildman–Crippen LogP) is 6.14. The van der Waals surface area contributed by atoms with E-state index in [1.54, 1.807) is 6.07 Å². The van der Waals surface area contributed by atoms with Crippen LogP contribution in [0.5, 0.6) is 5.75 Å². The van der Waals surface area contributed by atoms with E-state index in [9.17, 15) is 9.90 Å². The highest BCUT2D eigenvalue weighted by molar-refractivity contribution is 5.95. The number of piperidine rings is 1. The van der Waals surface area contributed by atoms with Crippen LogP contribution < -0.4 is 0 Å². The number of aromatic nitrogens is 1. The Kier molecular flexibility index (Phi) is 8.21. The molecule has 0 radical (unpaired) electrons. The highest BCUT2D eigenvalue weighted by atomic mass is 16.3. The average molecular weight is 484 g/mol. The van der Waals surface area contributed by atoms with E-state index >= 15 is 0 Å². The van der Waals surface area contributed by atoms with Gasteiger partial charge >= 0.3 is 0 Å². The SMILES string of the molecule is CC(C)N(C(=O)c1ccc(C(=C2CCN(Cc3ccncc3)CC2)c2cccc(O)c2)cc1)C(C)C. The molecule has 2 aromatic carbocycles. The molecule has 0 saturated carbocycles. The van der Waals surface area contributed by atoms with Crippen LogP contribution in [0.1, 0.15) is 67.6 Å². The van der Waals surface area contributed by atoms with E-state index in [4.69, 9.17) is 0 Å². The zero-order valence-corrected chi connectivity index (χ0v) is 21.8. The van der Waals surface area contributed by atoms with Gasteiger partial charge in [-0.3, -0.25) is 14.7 Å². The highest BCUT2D eigenvalue weighted by Crippen LogP contribution is 2.34. The third-order valence-electron chi connectivity index (χ3n) is 6.87. The number of likely N-dealkylation sites (tertiary alicyclic amines) is 1. The molecule has 1 N–H and O–H groups in total. The lowest BCUT2D eigenvalue weighted by Gasteiger charge is -2.31. The van der Waals surface area contributed by atoms with Gasteiger partial charge in [0.15, 0.2) is 0 Å². The molecule has 0 unspecified atom stereocenters. The zero-order chi connectivity index (χ0) is 25.7. The summed E-state index contributed by atoms with van der Waals surface area (Å²) in [6.45, 7) is 11.1. The summed E-state index contributed by atoms with van der Waals surface area (Å²) in [7, 11) is 0. The van der Waals surface area contributed by atoms with Crippen LogP contribution in [-0.2, 0) is 6.54 Å². The molecule has 188 valence electrons. The van der Waals surface area contributed by atoms with Crippen molar-refractivity contribution in [2.75, 3.05) is 13.1 Å². The Morgan fingerprint density at radius 3 is 2.08 bits per heavy atom. The van der Waals surface area contributed by atoms with E-state index in [1.807, 2.05) is 41.6 Å². The molecule has 36 heavy (non-hydrogen) atoms. The van der Waals surface area contributed by atoms with Crippen molar-refractivity contribution in [3.63, 3.8) is 0 Å². The van der Waals surface area contributed by atoms with Crippen molar-refractivity contribution in [1.82, 2.24) is 14.8 Å². The maximum Gasteiger partial charge on any atom is 0.254 e. The van der Waals surface area contributed by atoms with Crippen molar-refractivity contribution in [3.8, 4) is 5.75 Å². The first-order chi connectivity index (χ1) is 17.3. The summed E-state index contributed by atoms with van der Waals surface area (Å²) < 4.78 is 0. The van der Waals surface area contributed by atoms with Gasteiger partial charge in [0.2, 0.25) is 0 Å². The second kappa shape index (κ2) is 11.5. The summed E-state index contributed by atoms with van der Waals surface area (Å²) in [6.07, 6.45) is 5.62. The van der Waals surface area contributed by atoms with Crippen molar-refractivity contribution >= 4 is 11.5 Å². The van der Waals surface area contributed by atoms with Crippen molar-refractivity contribution in [2.24, 2.45) is 0 Å². The Labute approximate surface area is 215 Å². The molecule has 2 heterocycles. The van der Waals surface area contributed by atoms with Crippen LogP contribution in [-0.4, -0.2) is 51.0 Å². The molecule has 5 nitrogen and oxygen atoms in total. The molecule has 0 aliphatic carbocycles. The number of pyridine rings is 1. The molecule has 1 aliphatic heterocycles. The maximum atomic E-state index is 13.2. The Balaban J connectivity index is 1.61. The number of hydrogen-bond donors (Lipinski definition) is 1. The minimum Gasteiger partial charge on any atom is -0.508 e. The first-order valence-corrected chi connectivity index (χ1v) is 12.9. The van der Waals surface area contributed by atoms with Gasteiger partial charge in [-0.05, 0) is 99.2 Å². The second-order valence-corrected chi connectivity index (χ2v) is 10.1. The van der Waals surface area contributed by atoms with E-state index < -0.39 is 0 Å². The highest BCUT2D eigenvalue weighted by Gasteiger charge is 2.23. The first-order valence-electron chi connectivity index (χ1n) is 12.9. The third kappa shape index (κ3) is 6.03. The van der Waals surface area contributed by atoms with Gasteiger partial charge in [-0.15, -0.1) is 0 Å². The molecular weight excluding hydrogens is 446 g/mol. The topological polar surface area (TPSA) is 56.7 Å². The van der Waals surface area contributed by atoms with Crippen molar-refractivity contribution in [3.05, 3.63) is 101 Å². The van der Waals surface area contributed by atoms with Crippen LogP contribution in [0.25, 0.3) is 5.57 Å². The van der Waals surface area contributed by atoms with Crippen LogP contribution in [0.15, 0.2) is 78.6 Å². The summed E-state index contributed by atoms with van der Waals surface area (Å²) in [5, 5.41) is 10.2. The van der Waals surface area contributed by atoms with Crippen LogP contribution in [0.3, 0.4) is 0 Å². The van der Waals surface area contributed by atoms with Gasteiger partial charge in [0.05, 0.1) is 0 Å². The fourth-order valence-electron chi connectivity index (χ4n) is 5.21.